The molecule has 1 fully saturated rings. The van der Waals surface area contributed by atoms with Gasteiger partial charge in [-0.15, -0.1) is 0 Å². The first-order chi connectivity index (χ1) is 17.5. The molecule has 1 aliphatic heterocycles. The second-order valence-corrected chi connectivity index (χ2v) is 9.52. The average Bonchev–Trinajstić information content (AvgIpc) is 3.53. The number of nitrogens with one attached hydrogen (secondary N) is 3. The fraction of sp³-hybridized carbons (Fsp3) is 0.250. The van der Waals surface area contributed by atoms with Gasteiger partial charge in [0, 0.05) is 42.1 Å². The van der Waals surface area contributed by atoms with E-state index in [-0.39, 0.29) is 18.1 Å². The van der Waals surface area contributed by atoms with Crippen LogP contribution < -0.4 is 5.32 Å². The number of pyridine rings is 1. The van der Waals surface area contributed by atoms with Gasteiger partial charge in [-0.2, -0.15) is 5.10 Å². The number of H-pyrrole nitrogens is 2. The van der Waals surface area contributed by atoms with Crippen LogP contribution in [-0.2, 0) is 11.3 Å². The van der Waals surface area contributed by atoms with Gasteiger partial charge in [0.25, 0.3) is 5.91 Å². The van der Waals surface area contributed by atoms with Crippen molar-refractivity contribution in [2.45, 2.75) is 32.6 Å². The molecule has 0 radical (unpaired) electrons. The number of fused-ring (bicyclic) bond motifs is 2. The minimum Gasteiger partial charge on any atom is -0.373 e. The van der Waals surface area contributed by atoms with Crippen LogP contribution in [0.3, 0.4) is 0 Å². The number of aromatic nitrogens is 4. The van der Waals surface area contributed by atoms with Crippen molar-refractivity contribution in [3.05, 3.63) is 78.4 Å². The van der Waals surface area contributed by atoms with Crippen LogP contribution in [0.25, 0.3) is 32.9 Å². The molecular formula is C28H28N6O2. The Balaban J connectivity index is 1.28. The molecule has 1 aliphatic rings. The topological polar surface area (TPSA) is 98.9 Å². The molecule has 8 heteroatoms. The molecule has 2 atom stereocenters. The Morgan fingerprint density at radius 2 is 1.89 bits per heavy atom. The van der Waals surface area contributed by atoms with E-state index >= 15 is 0 Å². The van der Waals surface area contributed by atoms with Crippen molar-refractivity contribution in [2.24, 2.45) is 0 Å². The zero-order chi connectivity index (χ0) is 24.6. The van der Waals surface area contributed by atoms with Gasteiger partial charge in [0.05, 0.1) is 35.3 Å². The highest BCUT2D eigenvalue weighted by atomic mass is 16.5. The fourth-order valence-corrected chi connectivity index (χ4v) is 5.17. The van der Waals surface area contributed by atoms with Gasteiger partial charge in [0.1, 0.15) is 5.69 Å². The fourth-order valence-electron chi connectivity index (χ4n) is 5.17. The average molecular weight is 481 g/mol. The summed E-state index contributed by atoms with van der Waals surface area (Å²) >= 11 is 0. The van der Waals surface area contributed by atoms with Crippen molar-refractivity contribution >= 4 is 33.4 Å². The van der Waals surface area contributed by atoms with Gasteiger partial charge in [-0.05, 0) is 61.4 Å². The summed E-state index contributed by atoms with van der Waals surface area (Å²) < 4.78 is 5.84. The van der Waals surface area contributed by atoms with Gasteiger partial charge in [-0.25, -0.2) is 4.98 Å². The number of aromatic amines is 2. The molecule has 0 bridgehead atoms. The highest BCUT2D eigenvalue weighted by Crippen LogP contribution is 2.34. The Morgan fingerprint density at radius 3 is 2.75 bits per heavy atom. The summed E-state index contributed by atoms with van der Waals surface area (Å²) in [4.78, 5) is 23.6. The van der Waals surface area contributed by atoms with Crippen molar-refractivity contribution in [3.63, 3.8) is 0 Å². The number of carbonyl (C=O) groups is 1. The molecule has 0 aliphatic carbocycles. The summed E-state index contributed by atoms with van der Waals surface area (Å²) in [5.41, 5.74) is 5.93. The van der Waals surface area contributed by atoms with E-state index in [9.17, 15) is 4.79 Å². The van der Waals surface area contributed by atoms with Crippen molar-refractivity contribution in [3.8, 4) is 11.1 Å². The summed E-state index contributed by atoms with van der Waals surface area (Å²) in [7, 11) is 0. The molecule has 3 aromatic heterocycles. The standard InChI is InChI=1S/C28H28N6O2/c1-17-14-34(15-18(2)36-17)16-20-5-3-8-25(31-20)28(35)32-26-11-19(12-27-23(26)13-30-33-27)21-6-4-7-24-22(21)9-10-29-24/h3-13,17-18,29H,14-16H2,1-2H3,(H,30,33)(H,32,35)/t17-,18?/m1/s1. The van der Waals surface area contributed by atoms with Gasteiger partial charge in [0.15, 0.2) is 0 Å². The SMILES string of the molecule is CC1CN(Cc2cccc(C(=O)Nc3cc(-c4cccc5[nH]ccc45)cc4[nH]ncc34)n2)C[C@@H](C)O1. The number of nitrogens with zero attached hydrogens (tertiary/aromatic N) is 3. The number of rotatable bonds is 5. The normalized spacial score (nSPS) is 18.6. The van der Waals surface area contributed by atoms with E-state index in [0.29, 0.717) is 17.9 Å². The lowest BCUT2D eigenvalue weighted by Gasteiger charge is -2.35. The Morgan fingerprint density at radius 1 is 1.06 bits per heavy atom. The second kappa shape index (κ2) is 9.22. The summed E-state index contributed by atoms with van der Waals surface area (Å²) in [6, 6.07) is 17.9. The van der Waals surface area contributed by atoms with Gasteiger partial charge < -0.3 is 15.0 Å². The first kappa shape index (κ1) is 22.5. The van der Waals surface area contributed by atoms with Gasteiger partial charge >= 0.3 is 0 Å². The number of anilines is 1. The minimum absolute atomic E-state index is 0.182. The highest BCUT2D eigenvalue weighted by molar-refractivity contribution is 6.09. The number of ether oxygens (including phenoxy) is 1. The zero-order valence-corrected chi connectivity index (χ0v) is 20.3. The predicted octanol–water partition coefficient (Wildman–Crippen LogP) is 4.97. The Labute approximate surface area is 208 Å². The summed E-state index contributed by atoms with van der Waals surface area (Å²) in [5, 5.41) is 12.3. The number of benzene rings is 2. The lowest BCUT2D eigenvalue weighted by atomic mass is 9.99. The van der Waals surface area contributed by atoms with Crippen molar-refractivity contribution < 1.29 is 9.53 Å². The van der Waals surface area contributed by atoms with E-state index in [2.05, 4.69) is 62.4 Å². The third-order valence-electron chi connectivity index (χ3n) is 6.63. The van der Waals surface area contributed by atoms with Crippen molar-refractivity contribution in [2.75, 3.05) is 18.4 Å². The van der Waals surface area contributed by atoms with Crippen LogP contribution in [0.15, 0.2) is 67.0 Å². The third-order valence-corrected chi connectivity index (χ3v) is 6.63. The van der Waals surface area contributed by atoms with Crippen LogP contribution in [0.5, 0.6) is 0 Å². The highest BCUT2D eigenvalue weighted by Gasteiger charge is 2.23. The van der Waals surface area contributed by atoms with Crippen molar-refractivity contribution in [1.29, 1.82) is 0 Å². The summed E-state index contributed by atoms with van der Waals surface area (Å²) in [5.74, 6) is -0.250. The molecule has 4 heterocycles. The molecule has 6 rings (SSSR count). The quantitative estimate of drug-likeness (QED) is 0.330. The number of hydrogen-bond donors (Lipinski definition) is 3. The Bertz CT molecular complexity index is 1540. The maximum absolute atomic E-state index is 13.3. The number of morpholine rings is 1. The monoisotopic (exact) mass is 480 g/mol. The van der Waals surface area contributed by atoms with E-state index in [4.69, 9.17) is 4.74 Å². The van der Waals surface area contributed by atoms with E-state index in [1.165, 1.54) is 0 Å². The smallest absolute Gasteiger partial charge is 0.274 e. The molecule has 1 saturated heterocycles. The maximum Gasteiger partial charge on any atom is 0.274 e. The van der Waals surface area contributed by atoms with Crippen LogP contribution in [-0.4, -0.2) is 56.3 Å². The van der Waals surface area contributed by atoms with Crippen LogP contribution in [0, 0.1) is 0 Å². The number of hydrogen-bond acceptors (Lipinski definition) is 5. The van der Waals surface area contributed by atoms with Crippen LogP contribution in [0.1, 0.15) is 30.0 Å². The van der Waals surface area contributed by atoms with Gasteiger partial charge in [0.2, 0.25) is 0 Å². The van der Waals surface area contributed by atoms with Gasteiger partial charge in [-0.3, -0.25) is 14.8 Å². The van der Waals surface area contributed by atoms with Crippen LogP contribution in [0.2, 0.25) is 0 Å². The molecule has 1 amide bonds. The first-order valence-corrected chi connectivity index (χ1v) is 12.2. The third kappa shape index (κ3) is 4.36. The van der Waals surface area contributed by atoms with E-state index in [1.54, 1.807) is 12.3 Å². The predicted molar refractivity (Wildman–Crippen MR) is 141 cm³/mol. The molecule has 36 heavy (non-hydrogen) atoms. The first-order valence-electron chi connectivity index (χ1n) is 12.2. The largest absolute Gasteiger partial charge is 0.373 e. The molecule has 1 unspecified atom stereocenters. The molecule has 2 aromatic carbocycles. The molecule has 5 aromatic rings. The van der Waals surface area contributed by atoms with Gasteiger partial charge in [-0.1, -0.05) is 18.2 Å². The molecule has 0 saturated carbocycles. The number of carbonyl (C=O) groups excluding carboxylic acids is 1. The molecular weight excluding hydrogens is 452 g/mol. The Hall–Kier alpha value is -4.01. The minimum atomic E-state index is -0.250. The molecule has 8 nitrogen and oxygen atoms in total. The molecule has 3 N–H and O–H groups in total. The second-order valence-electron chi connectivity index (χ2n) is 9.52. The lowest BCUT2D eigenvalue weighted by molar-refractivity contribution is -0.0707. The van der Waals surface area contributed by atoms with E-state index in [0.717, 1.165) is 51.7 Å². The lowest BCUT2D eigenvalue weighted by Crippen LogP contribution is -2.45. The van der Waals surface area contributed by atoms with Crippen molar-refractivity contribution in [1.82, 2.24) is 25.1 Å². The van der Waals surface area contributed by atoms with E-state index in [1.807, 2.05) is 36.5 Å². The van der Waals surface area contributed by atoms with E-state index < -0.39 is 0 Å². The van der Waals surface area contributed by atoms with Crippen LogP contribution >= 0.6 is 0 Å². The summed E-state index contributed by atoms with van der Waals surface area (Å²) in [6.45, 7) is 6.55. The Kier molecular flexibility index (Phi) is 5.75. The zero-order valence-electron chi connectivity index (χ0n) is 20.3. The maximum atomic E-state index is 13.3. The molecule has 182 valence electrons. The number of amides is 1. The van der Waals surface area contributed by atoms with Crippen LogP contribution in [0.4, 0.5) is 5.69 Å². The molecule has 0 spiro atoms. The summed E-state index contributed by atoms with van der Waals surface area (Å²) in [6.07, 6.45) is 4.03.